The smallest absolute Gasteiger partial charge is 0.233 e. The van der Waals surface area contributed by atoms with Crippen LogP contribution in [0.4, 0.5) is 5.13 Å². The van der Waals surface area contributed by atoms with Crippen molar-refractivity contribution in [2.75, 3.05) is 5.32 Å². The topological polar surface area (TPSA) is 95.7 Å². The maximum Gasteiger partial charge on any atom is 0.233 e. The molecule has 0 saturated carbocycles. The van der Waals surface area contributed by atoms with Crippen molar-refractivity contribution in [3.8, 4) is 17.2 Å². The summed E-state index contributed by atoms with van der Waals surface area (Å²) < 4.78 is 0. The molecule has 1 amide bonds. The zero-order valence-electron chi connectivity index (χ0n) is 22.2. The van der Waals surface area contributed by atoms with E-state index in [9.17, 15) is 14.9 Å². The second kappa shape index (κ2) is 9.33. The number of nitrogens with zero attached hydrogens (tertiary/aromatic N) is 3. The molecule has 0 saturated heterocycles. The highest BCUT2D eigenvalue weighted by molar-refractivity contribution is 7.14. The number of thiazole rings is 1. The highest BCUT2D eigenvalue weighted by Gasteiger charge is 2.61. The standard InChI is InChI=1S/C34H24N4O2S/c1-33(19-34(20-35)26-8-4-2-6-24(26)29(33)25-7-3-5-9-27(25)34)31(40)38-32-37-28(18-41-32)30(39)23-12-10-21(11-13-23)22-14-16-36-17-15-22/h2-18,29H,19H2,1H3,(H,37,38,40). The Hall–Kier alpha value is -4.93. The molecule has 0 fully saturated rings. The van der Waals surface area contributed by atoms with Gasteiger partial charge in [0.2, 0.25) is 11.7 Å². The summed E-state index contributed by atoms with van der Waals surface area (Å²) in [6.07, 6.45) is 3.83. The lowest BCUT2D eigenvalue weighted by Crippen LogP contribution is -2.53. The molecule has 1 N–H and O–H groups in total. The molecule has 1 atom stereocenters. The molecule has 3 aliphatic rings. The van der Waals surface area contributed by atoms with Gasteiger partial charge in [-0.15, -0.1) is 11.3 Å². The van der Waals surface area contributed by atoms with Crippen molar-refractivity contribution in [1.29, 1.82) is 5.26 Å². The molecule has 3 aromatic carbocycles. The van der Waals surface area contributed by atoms with E-state index in [-0.39, 0.29) is 23.3 Å². The fourth-order valence-electron chi connectivity index (χ4n) is 6.67. The fraction of sp³-hybridized carbons (Fsp3) is 0.147. The van der Waals surface area contributed by atoms with Crippen LogP contribution in [0.3, 0.4) is 0 Å². The first-order valence-electron chi connectivity index (χ1n) is 13.4. The van der Waals surface area contributed by atoms with Crippen molar-refractivity contribution >= 4 is 28.2 Å². The molecule has 7 heteroatoms. The Morgan fingerprint density at radius 1 is 0.902 bits per heavy atom. The molecule has 1 unspecified atom stereocenters. The van der Waals surface area contributed by atoms with Gasteiger partial charge in [0.25, 0.3) is 0 Å². The molecular weight excluding hydrogens is 528 g/mol. The SMILES string of the molecule is CC1(C(=O)Nc2nc(C(=O)c3ccc(-c4ccncc4)cc3)cs2)CC2(C#N)c3ccccc3C1c1ccccc12. The van der Waals surface area contributed by atoms with Crippen molar-refractivity contribution < 1.29 is 9.59 Å². The zero-order valence-corrected chi connectivity index (χ0v) is 23.0. The number of aromatic nitrogens is 2. The number of pyridine rings is 1. The number of hydrogen-bond acceptors (Lipinski definition) is 6. The average molecular weight is 553 g/mol. The van der Waals surface area contributed by atoms with Crippen LogP contribution in [0, 0.1) is 16.7 Å². The van der Waals surface area contributed by atoms with E-state index in [0.29, 0.717) is 17.1 Å². The lowest BCUT2D eigenvalue weighted by atomic mass is 9.47. The van der Waals surface area contributed by atoms with Gasteiger partial charge in [0.15, 0.2) is 5.13 Å². The molecule has 2 heterocycles. The Morgan fingerprint density at radius 2 is 1.51 bits per heavy atom. The van der Waals surface area contributed by atoms with E-state index in [2.05, 4.69) is 21.4 Å². The summed E-state index contributed by atoms with van der Waals surface area (Å²) >= 11 is 1.22. The van der Waals surface area contributed by atoms with E-state index in [1.54, 1.807) is 29.9 Å². The van der Waals surface area contributed by atoms with Crippen LogP contribution in [0.5, 0.6) is 0 Å². The molecule has 5 aromatic rings. The summed E-state index contributed by atoms with van der Waals surface area (Å²) in [7, 11) is 0. The summed E-state index contributed by atoms with van der Waals surface area (Å²) in [6, 6.07) is 29.8. The second-order valence-corrected chi connectivity index (χ2v) is 11.7. The number of ketones is 1. The summed E-state index contributed by atoms with van der Waals surface area (Å²) in [5.41, 5.74) is 4.99. The van der Waals surface area contributed by atoms with Crippen LogP contribution >= 0.6 is 11.3 Å². The van der Waals surface area contributed by atoms with E-state index in [1.807, 2.05) is 79.7 Å². The zero-order chi connectivity index (χ0) is 28.2. The van der Waals surface area contributed by atoms with Crippen molar-refractivity contribution in [2.24, 2.45) is 5.41 Å². The molecule has 2 aromatic heterocycles. The van der Waals surface area contributed by atoms with Gasteiger partial charge in [-0.2, -0.15) is 5.26 Å². The van der Waals surface area contributed by atoms with Crippen molar-refractivity contribution in [1.82, 2.24) is 9.97 Å². The molecule has 0 spiro atoms. The Morgan fingerprint density at radius 3 is 2.15 bits per heavy atom. The number of benzene rings is 3. The lowest BCUT2D eigenvalue weighted by molar-refractivity contribution is -0.127. The number of amides is 1. The Balaban J connectivity index is 1.17. The third kappa shape index (κ3) is 3.75. The molecule has 41 heavy (non-hydrogen) atoms. The van der Waals surface area contributed by atoms with E-state index in [1.165, 1.54) is 11.3 Å². The number of nitrogens with one attached hydrogen (secondary N) is 1. The molecule has 3 aliphatic carbocycles. The molecule has 2 bridgehead atoms. The van der Waals surface area contributed by atoms with Gasteiger partial charge in [-0.25, -0.2) is 4.98 Å². The highest BCUT2D eigenvalue weighted by Crippen LogP contribution is 2.63. The minimum Gasteiger partial charge on any atom is -0.301 e. The third-order valence-corrected chi connectivity index (χ3v) is 9.32. The monoisotopic (exact) mass is 552 g/mol. The van der Waals surface area contributed by atoms with Crippen LogP contribution in [-0.2, 0) is 10.2 Å². The van der Waals surface area contributed by atoms with Gasteiger partial charge in [0.05, 0.1) is 11.5 Å². The number of hydrogen-bond donors (Lipinski definition) is 1. The second-order valence-electron chi connectivity index (χ2n) is 10.9. The first-order chi connectivity index (χ1) is 19.9. The lowest BCUT2D eigenvalue weighted by Gasteiger charge is -2.54. The molecule has 6 nitrogen and oxygen atoms in total. The van der Waals surface area contributed by atoms with Crippen molar-refractivity contribution in [3.63, 3.8) is 0 Å². The summed E-state index contributed by atoms with van der Waals surface area (Å²) in [4.78, 5) is 35.8. The van der Waals surface area contributed by atoms with Gasteiger partial charge in [0.1, 0.15) is 11.1 Å². The quantitative estimate of drug-likeness (QED) is 0.244. The number of carbonyl (C=O) groups is 2. The van der Waals surface area contributed by atoms with Gasteiger partial charge in [-0.3, -0.25) is 14.6 Å². The maximum absolute atomic E-state index is 14.0. The normalized spacial score (nSPS) is 21.8. The number of carbonyl (C=O) groups excluding carboxylic acids is 2. The van der Waals surface area contributed by atoms with Crippen LogP contribution in [-0.4, -0.2) is 21.7 Å². The third-order valence-electron chi connectivity index (χ3n) is 8.56. The average Bonchev–Trinajstić information content (AvgIpc) is 3.49. The first kappa shape index (κ1) is 25.1. The summed E-state index contributed by atoms with van der Waals surface area (Å²) in [5.74, 6) is -0.622. The van der Waals surface area contributed by atoms with Gasteiger partial charge in [-0.1, -0.05) is 72.8 Å². The fourth-order valence-corrected chi connectivity index (χ4v) is 7.36. The van der Waals surface area contributed by atoms with Crippen LogP contribution in [0.2, 0.25) is 0 Å². The number of anilines is 1. The molecule has 198 valence electrons. The predicted molar refractivity (Wildman–Crippen MR) is 158 cm³/mol. The molecule has 8 rings (SSSR count). The van der Waals surface area contributed by atoms with Crippen LogP contribution in [0.15, 0.2) is 103 Å². The largest absolute Gasteiger partial charge is 0.301 e. The molecule has 0 radical (unpaired) electrons. The van der Waals surface area contributed by atoms with E-state index in [0.717, 1.165) is 33.4 Å². The minimum absolute atomic E-state index is 0.204. The minimum atomic E-state index is -0.916. The first-order valence-corrected chi connectivity index (χ1v) is 14.2. The van der Waals surface area contributed by atoms with Crippen LogP contribution < -0.4 is 5.32 Å². The Labute approximate surface area is 241 Å². The number of rotatable bonds is 5. The Kier molecular flexibility index (Phi) is 5.70. The van der Waals surface area contributed by atoms with E-state index >= 15 is 0 Å². The maximum atomic E-state index is 14.0. The van der Waals surface area contributed by atoms with Crippen molar-refractivity contribution in [2.45, 2.75) is 24.7 Å². The number of nitriles is 1. The summed E-state index contributed by atoms with van der Waals surface area (Å²) in [6.45, 7) is 1.94. The highest BCUT2D eigenvalue weighted by atomic mass is 32.1. The van der Waals surface area contributed by atoms with Gasteiger partial charge in [0, 0.05) is 29.3 Å². The van der Waals surface area contributed by atoms with Crippen molar-refractivity contribution in [3.05, 3.63) is 136 Å². The van der Waals surface area contributed by atoms with E-state index < -0.39 is 10.8 Å². The van der Waals surface area contributed by atoms with Gasteiger partial charge in [-0.05, 0) is 58.9 Å². The van der Waals surface area contributed by atoms with Gasteiger partial charge < -0.3 is 5.32 Å². The van der Waals surface area contributed by atoms with Gasteiger partial charge >= 0.3 is 0 Å². The van der Waals surface area contributed by atoms with E-state index in [4.69, 9.17) is 0 Å². The molecular formula is C34H24N4O2S. The predicted octanol–water partition coefficient (Wildman–Crippen LogP) is 6.74. The summed E-state index contributed by atoms with van der Waals surface area (Å²) in [5, 5.41) is 15.6. The van der Waals surface area contributed by atoms with Crippen LogP contribution in [0.1, 0.15) is 57.6 Å². The van der Waals surface area contributed by atoms with Crippen LogP contribution in [0.25, 0.3) is 11.1 Å². The molecule has 0 aliphatic heterocycles. The Bertz CT molecular complexity index is 1830. The number of fused-ring (bicyclic) bond motifs is 1.